The Hall–Kier alpha value is -2.96. The van der Waals surface area contributed by atoms with Gasteiger partial charge in [0.25, 0.3) is 5.91 Å². The van der Waals surface area contributed by atoms with E-state index in [0.717, 1.165) is 54.0 Å². The van der Waals surface area contributed by atoms with Crippen LogP contribution in [0.2, 0.25) is 0 Å². The van der Waals surface area contributed by atoms with Gasteiger partial charge < -0.3 is 14.8 Å². The Kier molecular flexibility index (Phi) is 6.96. The van der Waals surface area contributed by atoms with Crippen molar-refractivity contribution in [3.05, 3.63) is 58.2 Å². The number of fused-ring (bicyclic) bond motifs is 1. The molecule has 0 saturated carbocycles. The van der Waals surface area contributed by atoms with Crippen LogP contribution in [0.25, 0.3) is 0 Å². The van der Waals surface area contributed by atoms with Gasteiger partial charge in [-0.3, -0.25) is 9.59 Å². The van der Waals surface area contributed by atoms with Crippen molar-refractivity contribution in [2.45, 2.75) is 72.4 Å². The van der Waals surface area contributed by atoms with Crippen molar-refractivity contribution in [1.82, 2.24) is 25.0 Å². The molecule has 1 N–H and O–H groups in total. The largest absolute Gasteiger partial charge is 0.342 e. The maximum atomic E-state index is 13.1. The zero-order valence-electron chi connectivity index (χ0n) is 20.2. The van der Waals surface area contributed by atoms with Gasteiger partial charge in [-0.2, -0.15) is 0 Å². The summed E-state index contributed by atoms with van der Waals surface area (Å²) in [4.78, 5) is 28.0. The molecule has 2 aromatic rings. The fourth-order valence-corrected chi connectivity index (χ4v) is 4.92. The second-order valence-electron chi connectivity index (χ2n) is 9.82. The van der Waals surface area contributed by atoms with Crippen LogP contribution in [0.4, 0.5) is 0 Å². The summed E-state index contributed by atoms with van der Waals surface area (Å²) in [5, 5.41) is 12.2. The minimum atomic E-state index is -0.237. The predicted molar refractivity (Wildman–Crippen MR) is 128 cm³/mol. The number of carbonyl (C=O) groups excluding carboxylic acids is 2. The van der Waals surface area contributed by atoms with E-state index in [9.17, 15) is 9.59 Å². The molecule has 1 aliphatic carbocycles. The minimum absolute atomic E-state index is 0.0941. The van der Waals surface area contributed by atoms with E-state index in [1.807, 2.05) is 30.9 Å². The quantitative estimate of drug-likeness (QED) is 0.725. The van der Waals surface area contributed by atoms with Gasteiger partial charge in [-0.25, -0.2) is 0 Å². The number of carbonyl (C=O) groups is 2. The standard InChI is InChI=1S/C26H35N5O2/c1-17(2)13-22(27-25(32)21-15-18(3)14-19(4)16-21)24-29-28-23-9-10-30(11-12-31(23)24)26(33)20-7-5-6-8-20/h7,14-17,22H,5-6,8-13H2,1-4H3,(H,27,32)/t22-/m0/s1. The molecule has 2 amide bonds. The van der Waals surface area contributed by atoms with Crippen LogP contribution >= 0.6 is 0 Å². The van der Waals surface area contributed by atoms with E-state index in [-0.39, 0.29) is 17.9 Å². The monoisotopic (exact) mass is 449 g/mol. The zero-order chi connectivity index (χ0) is 23.5. The summed E-state index contributed by atoms with van der Waals surface area (Å²) in [6, 6.07) is 5.66. The first-order valence-electron chi connectivity index (χ1n) is 12.1. The third kappa shape index (κ3) is 5.34. The Bertz CT molecular complexity index is 1050. The van der Waals surface area contributed by atoms with Crippen LogP contribution in [-0.2, 0) is 17.8 Å². The van der Waals surface area contributed by atoms with Gasteiger partial charge in [-0.05, 0) is 57.6 Å². The number of nitrogens with one attached hydrogen (secondary N) is 1. The van der Waals surface area contributed by atoms with Gasteiger partial charge in [0.1, 0.15) is 5.82 Å². The molecule has 0 unspecified atom stereocenters. The number of rotatable bonds is 6. The summed E-state index contributed by atoms with van der Waals surface area (Å²) >= 11 is 0. The number of amides is 2. The zero-order valence-corrected chi connectivity index (χ0v) is 20.2. The maximum Gasteiger partial charge on any atom is 0.251 e. The van der Waals surface area contributed by atoms with E-state index < -0.39 is 0 Å². The molecule has 1 aromatic heterocycles. The highest BCUT2D eigenvalue weighted by atomic mass is 16.2. The number of allylic oxidation sites excluding steroid dienone is 1. The summed E-state index contributed by atoms with van der Waals surface area (Å²) in [5.74, 6) is 2.11. The first kappa shape index (κ1) is 23.2. The molecule has 2 aliphatic rings. The Morgan fingerprint density at radius 1 is 1.03 bits per heavy atom. The average molecular weight is 450 g/mol. The molecule has 176 valence electrons. The van der Waals surface area contributed by atoms with E-state index in [1.165, 1.54) is 0 Å². The van der Waals surface area contributed by atoms with E-state index in [0.29, 0.717) is 37.5 Å². The lowest BCUT2D eigenvalue weighted by atomic mass is 10.0. The van der Waals surface area contributed by atoms with Crippen molar-refractivity contribution in [3.63, 3.8) is 0 Å². The Morgan fingerprint density at radius 2 is 1.79 bits per heavy atom. The second kappa shape index (κ2) is 9.89. The van der Waals surface area contributed by atoms with Crippen molar-refractivity contribution < 1.29 is 9.59 Å². The van der Waals surface area contributed by atoms with E-state index in [2.05, 4.69) is 46.1 Å². The third-order valence-electron chi connectivity index (χ3n) is 6.47. The Labute approximate surface area is 196 Å². The summed E-state index contributed by atoms with van der Waals surface area (Å²) < 4.78 is 2.12. The Morgan fingerprint density at radius 3 is 2.45 bits per heavy atom. The first-order chi connectivity index (χ1) is 15.8. The molecule has 1 aliphatic heterocycles. The van der Waals surface area contributed by atoms with Crippen LogP contribution in [0.3, 0.4) is 0 Å². The molecule has 0 saturated heterocycles. The van der Waals surface area contributed by atoms with Gasteiger partial charge in [0.05, 0.1) is 6.04 Å². The van der Waals surface area contributed by atoms with Gasteiger partial charge in [-0.15, -0.1) is 10.2 Å². The maximum absolute atomic E-state index is 13.1. The normalized spacial score (nSPS) is 16.9. The molecule has 1 atom stereocenters. The van der Waals surface area contributed by atoms with Crippen molar-refractivity contribution in [2.24, 2.45) is 5.92 Å². The van der Waals surface area contributed by atoms with Crippen molar-refractivity contribution >= 4 is 11.8 Å². The highest BCUT2D eigenvalue weighted by Gasteiger charge is 2.28. The number of hydrogen-bond acceptors (Lipinski definition) is 4. The van der Waals surface area contributed by atoms with Gasteiger partial charge in [0.2, 0.25) is 5.91 Å². The van der Waals surface area contributed by atoms with Crippen molar-refractivity contribution in [3.8, 4) is 0 Å². The molecule has 7 nitrogen and oxygen atoms in total. The first-order valence-corrected chi connectivity index (χ1v) is 12.1. The topological polar surface area (TPSA) is 80.1 Å². The molecular formula is C26H35N5O2. The number of hydrogen-bond donors (Lipinski definition) is 1. The minimum Gasteiger partial charge on any atom is -0.342 e. The van der Waals surface area contributed by atoms with Crippen LogP contribution in [0.5, 0.6) is 0 Å². The molecule has 1 aromatic carbocycles. The number of nitrogens with zero attached hydrogens (tertiary/aromatic N) is 4. The number of aryl methyl sites for hydroxylation is 2. The van der Waals surface area contributed by atoms with Crippen LogP contribution in [0.15, 0.2) is 29.8 Å². The highest BCUT2D eigenvalue weighted by molar-refractivity contribution is 5.95. The molecule has 2 heterocycles. The lowest BCUT2D eigenvalue weighted by molar-refractivity contribution is -0.127. The average Bonchev–Trinajstić information content (AvgIpc) is 3.38. The van der Waals surface area contributed by atoms with E-state index in [4.69, 9.17) is 0 Å². The molecule has 0 bridgehead atoms. The molecule has 0 fully saturated rings. The highest BCUT2D eigenvalue weighted by Crippen LogP contribution is 2.25. The Balaban J connectivity index is 1.53. The summed E-state index contributed by atoms with van der Waals surface area (Å²) in [7, 11) is 0. The summed E-state index contributed by atoms with van der Waals surface area (Å²) in [5.41, 5.74) is 3.75. The van der Waals surface area contributed by atoms with Gasteiger partial charge in [-0.1, -0.05) is 37.1 Å². The van der Waals surface area contributed by atoms with Gasteiger partial charge in [0, 0.05) is 37.2 Å². The van der Waals surface area contributed by atoms with E-state index in [1.54, 1.807) is 0 Å². The van der Waals surface area contributed by atoms with Crippen molar-refractivity contribution in [2.75, 3.05) is 13.1 Å². The summed E-state index contributed by atoms with van der Waals surface area (Å²) in [6.45, 7) is 10.2. The molecule has 7 heteroatoms. The fraction of sp³-hybridized carbons (Fsp3) is 0.538. The van der Waals surface area contributed by atoms with E-state index >= 15 is 0 Å². The van der Waals surface area contributed by atoms with Crippen molar-refractivity contribution in [1.29, 1.82) is 0 Å². The lowest BCUT2D eigenvalue weighted by Crippen LogP contribution is -2.35. The van der Waals surface area contributed by atoms with Crippen LogP contribution in [-0.4, -0.2) is 44.6 Å². The predicted octanol–water partition coefficient (Wildman–Crippen LogP) is 3.91. The van der Waals surface area contributed by atoms with Crippen LogP contribution < -0.4 is 5.32 Å². The van der Waals surface area contributed by atoms with Gasteiger partial charge >= 0.3 is 0 Å². The molecule has 4 rings (SSSR count). The number of aromatic nitrogens is 3. The lowest BCUT2D eigenvalue weighted by Gasteiger charge is -2.23. The smallest absolute Gasteiger partial charge is 0.251 e. The third-order valence-corrected chi connectivity index (χ3v) is 6.47. The van der Waals surface area contributed by atoms with Gasteiger partial charge in [0.15, 0.2) is 5.82 Å². The molecule has 0 radical (unpaired) electrons. The van der Waals surface area contributed by atoms with Crippen LogP contribution in [0, 0.1) is 19.8 Å². The molecular weight excluding hydrogens is 414 g/mol. The van der Waals surface area contributed by atoms with Crippen LogP contribution in [0.1, 0.15) is 78.7 Å². The SMILES string of the molecule is Cc1cc(C)cc(C(=O)N[C@@H](CC(C)C)c2nnc3n2CCN(C(=O)C2=CCCC2)CC3)c1. The second-order valence-corrected chi connectivity index (χ2v) is 9.82. The fourth-order valence-electron chi connectivity index (χ4n) is 4.92. The number of benzene rings is 1. The summed E-state index contributed by atoms with van der Waals surface area (Å²) in [6.07, 6.45) is 6.48. The molecule has 0 spiro atoms. The molecule has 33 heavy (non-hydrogen) atoms.